The quantitative estimate of drug-likeness (QED) is 0.818. The lowest BCUT2D eigenvalue weighted by molar-refractivity contribution is 1.13. The van der Waals surface area contributed by atoms with Crippen LogP contribution < -0.4 is 4.90 Å². The number of rotatable bonds is 2. The minimum absolute atomic E-state index is 0.448. The lowest BCUT2D eigenvalue weighted by Gasteiger charge is -2.13. The molecule has 0 amide bonds. The van der Waals surface area contributed by atoms with E-state index in [0.717, 1.165) is 16.8 Å². The van der Waals surface area contributed by atoms with Gasteiger partial charge >= 0.3 is 0 Å². The Hall–Kier alpha value is -2.60. The van der Waals surface area contributed by atoms with Crippen molar-refractivity contribution in [3.05, 3.63) is 59.7 Å². The van der Waals surface area contributed by atoms with Gasteiger partial charge in [0.25, 0.3) is 0 Å². The molecule has 0 atom stereocenters. The van der Waals surface area contributed by atoms with Crippen LogP contribution in [0.4, 0.5) is 5.69 Å². The van der Waals surface area contributed by atoms with Crippen molar-refractivity contribution in [3.63, 3.8) is 0 Å². The highest BCUT2D eigenvalue weighted by molar-refractivity contribution is 6.04. The van der Waals surface area contributed by atoms with Crippen LogP contribution in [-0.4, -0.2) is 19.8 Å². The lowest BCUT2D eigenvalue weighted by Crippen LogP contribution is -2.08. The molecule has 0 aromatic heterocycles. The molecule has 3 nitrogen and oxygen atoms in total. The van der Waals surface area contributed by atoms with Crippen LogP contribution in [0, 0.1) is 16.7 Å². The lowest BCUT2D eigenvalue weighted by atomic mass is 9.97. The molecule has 1 aliphatic carbocycles. The smallest absolute Gasteiger partial charge is 0.100 e. The van der Waals surface area contributed by atoms with E-state index in [1.165, 1.54) is 0 Å². The maximum Gasteiger partial charge on any atom is 0.100 e. The second-order valence-corrected chi connectivity index (χ2v) is 4.51. The van der Waals surface area contributed by atoms with E-state index in [1.807, 2.05) is 43.3 Å². The molecule has 0 radical (unpaired) electrons. The molecular weight excluding hydrogens is 234 g/mol. The molecule has 1 aliphatic rings. The van der Waals surface area contributed by atoms with E-state index < -0.39 is 0 Å². The SMILES string of the molecule is CN(C)c1ccc(C(C#N)=C2C=CC(=N)C=C2)cc1. The van der Waals surface area contributed by atoms with E-state index in [1.54, 1.807) is 24.3 Å². The van der Waals surface area contributed by atoms with Crippen molar-refractivity contribution in [1.82, 2.24) is 0 Å². The highest BCUT2D eigenvalue weighted by atomic mass is 15.1. The minimum Gasteiger partial charge on any atom is -0.378 e. The molecular formula is C16H15N3. The normalized spacial score (nSPS) is 13.3. The molecule has 0 bridgehead atoms. The van der Waals surface area contributed by atoms with E-state index in [2.05, 4.69) is 6.07 Å². The third-order valence-electron chi connectivity index (χ3n) is 2.96. The third kappa shape index (κ3) is 2.80. The number of nitriles is 1. The van der Waals surface area contributed by atoms with Crippen molar-refractivity contribution < 1.29 is 0 Å². The van der Waals surface area contributed by atoms with Crippen molar-refractivity contribution in [2.45, 2.75) is 0 Å². The van der Waals surface area contributed by atoms with Crippen LogP contribution in [-0.2, 0) is 0 Å². The first kappa shape index (κ1) is 12.8. The summed E-state index contributed by atoms with van der Waals surface area (Å²) in [6.07, 6.45) is 7.00. The van der Waals surface area contributed by atoms with Crippen molar-refractivity contribution in [2.75, 3.05) is 19.0 Å². The van der Waals surface area contributed by atoms with Gasteiger partial charge in [0.2, 0.25) is 0 Å². The Labute approximate surface area is 113 Å². The summed E-state index contributed by atoms with van der Waals surface area (Å²) in [6, 6.07) is 10.1. The number of hydrogen-bond donors (Lipinski definition) is 1. The fraction of sp³-hybridized carbons (Fsp3) is 0.125. The zero-order chi connectivity index (χ0) is 13.8. The van der Waals surface area contributed by atoms with E-state index in [9.17, 15) is 5.26 Å². The van der Waals surface area contributed by atoms with Crippen molar-refractivity contribution in [2.24, 2.45) is 0 Å². The maximum atomic E-state index is 9.34. The summed E-state index contributed by atoms with van der Waals surface area (Å²) < 4.78 is 0. The molecule has 0 saturated carbocycles. The minimum atomic E-state index is 0.448. The van der Waals surface area contributed by atoms with Gasteiger partial charge in [-0.1, -0.05) is 24.3 Å². The van der Waals surface area contributed by atoms with Gasteiger partial charge in [0, 0.05) is 19.8 Å². The standard InChI is InChI=1S/C16H15N3/c1-19(2)15-9-5-13(6-10-15)16(11-17)12-3-7-14(18)8-4-12/h3-10,18H,1-2H3. The summed E-state index contributed by atoms with van der Waals surface area (Å²) >= 11 is 0. The van der Waals surface area contributed by atoms with Gasteiger partial charge in [-0.3, -0.25) is 0 Å². The second-order valence-electron chi connectivity index (χ2n) is 4.51. The van der Waals surface area contributed by atoms with E-state index in [4.69, 9.17) is 5.41 Å². The Morgan fingerprint density at radius 1 is 1.05 bits per heavy atom. The molecule has 0 spiro atoms. The molecule has 0 saturated heterocycles. The highest BCUT2D eigenvalue weighted by Crippen LogP contribution is 2.23. The first-order valence-corrected chi connectivity index (χ1v) is 5.98. The molecule has 0 heterocycles. The average Bonchev–Trinajstić information content (AvgIpc) is 2.42. The van der Waals surface area contributed by atoms with Crippen molar-refractivity contribution in [1.29, 1.82) is 10.7 Å². The van der Waals surface area contributed by atoms with Gasteiger partial charge in [0.15, 0.2) is 0 Å². The second kappa shape index (κ2) is 5.36. The van der Waals surface area contributed by atoms with E-state index >= 15 is 0 Å². The summed E-state index contributed by atoms with van der Waals surface area (Å²) in [5.41, 5.74) is 3.92. The van der Waals surface area contributed by atoms with Crippen LogP contribution >= 0.6 is 0 Å². The Kier molecular flexibility index (Phi) is 3.63. The first-order chi connectivity index (χ1) is 9.11. The van der Waals surface area contributed by atoms with Gasteiger partial charge in [0.05, 0.1) is 11.3 Å². The molecule has 2 rings (SSSR count). The summed E-state index contributed by atoms with van der Waals surface area (Å²) in [6.45, 7) is 0. The molecule has 1 aromatic carbocycles. The molecule has 1 aromatic rings. The van der Waals surface area contributed by atoms with Gasteiger partial charge in [0.1, 0.15) is 6.07 Å². The summed E-state index contributed by atoms with van der Waals surface area (Å²) in [7, 11) is 3.97. The summed E-state index contributed by atoms with van der Waals surface area (Å²) in [4.78, 5) is 2.02. The number of nitrogens with one attached hydrogen (secondary N) is 1. The van der Waals surface area contributed by atoms with Crippen molar-refractivity contribution in [3.8, 4) is 6.07 Å². The Balaban J connectivity index is 2.41. The molecule has 0 fully saturated rings. The Bertz CT molecular complexity index is 605. The molecule has 0 aliphatic heterocycles. The number of nitrogens with zero attached hydrogens (tertiary/aromatic N) is 2. The topological polar surface area (TPSA) is 50.9 Å². The zero-order valence-corrected chi connectivity index (χ0v) is 11.0. The Morgan fingerprint density at radius 2 is 1.63 bits per heavy atom. The highest BCUT2D eigenvalue weighted by Gasteiger charge is 2.07. The number of hydrogen-bond acceptors (Lipinski definition) is 3. The van der Waals surface area contributed by atoms with Crippen LogP contribution in [0.3, 0.4) is 0 Å². The summed E-state index contributed by atoms with van der Waals surface area (Å²) in [5.74, 6) is 0. The molecule has 19 heavy (non-hydrogen) atoms. The van der Waals surface area contributed by atoms with Crippen LogP contribution in [0.2, 0.25) is 0 Å². The molecule has 0 unspecified atom stereocenters. The first-order valence-electron chi connectivity index (χ1n) is 5.98. The van der Waals surface area contributed by atoms with E-state index in [0.29, 0.717) is 11.3 Å². The van der Waals surface area contributed by atoms with E-state index in [-0.39, 0.29) is 0 Å². The van der Waals surface area contributed by atoms with Crippen LogP contribution in [0.25, 0.3) is 5.57 Å². The number of anilines is 1. The van der Waals surface area contributed by atoms with Crippen LogP contribution in [0.5, 0.6) is 0 Å². The van der Waals surface area contributed by atoms with Crippen molar-refractivity contribution >= 4 is 17.0 Å². The third-order valence-corrected chi connectivity index (χ3v) is 2.96. The predicted molar refractivity (Wildman–Crippen MR) is 79.3 cm³/mol. The predicted octanol–water partition coefficient (Wildman–Crippen LogP) is 3.18. The van der Waals surface area contributed by atoms with Crippen LogP contribution in [0.15, 0.2) is 54.1 Å². The molecule has 94 valence electrons. The molecule has 3 heteroatoms. The number of allylic oxidation sites excluding steroid dienone is 6. The molecule has 1 N–H and O–H groups in total. The fourth-order valence-electron chi connectivity index (χ4n) is 1.86. The largest absolute Gasteiger partial charge is 0.378 e. The monoisotopic (exact) mass is 249 g/mol. The van der Waals surface area contributed by atoms with Gasteiger partial charge < -0.3 is 10.3 Å². The van der Waals surface area contributed by atoms with Crippen LogP contribution in [0.1, 0.15) is 5.56 Å². The maximum absolute atomic E-state index is 9.34. The van der Waals surface area contributed by atoms with Gasteiger partial charge in [-0.25, -0.2) is 0 Å². The van der Waals surface area contributed by atoms with Gasteiger partial charge in [-0.2, -0.15) is 5.26 Å². The van der Waals surface area contributed by atoms with Gasteiger partial charge in [-0.15, -0.1) is 0 Å². The zero-order valence-electron chi connectivity index (χ0n) is 11.0. The Morgan fingerprint density at radius 3 is 2.11 bits per heavy atom. The fourth-order valence-corrected chi connectivity index (χ4v) is 1.86. The average molecular weight is 249 g/mol. The number of benzene rings is 1. The summed E-state index contributed by atoms with van der Waals surface area (Å²) in [5, 5.41) is 16.8. The van der Waals surface area contributed by atoms with Gasteiger partial charge in [-0.05, 0) is 35.4 Å².